The lowest BCUT2D eigenvalue weighted by Crippen LogP contribution is -2.42. The molecule has 1 amide bonds. The number of pyridine rings is 1. The van der Waals surface area contributed by atoms with Gasteiger partial charge in [-0.25, -0.2) is 32.6 Å². The average Bonchev–Trinajstić information content (AvgIpc) is 2.99. The quantitative estimate of drug-likeness (QED) is 0.169. The van der Waals surface area contributed by atoms with Gasteiger partial charge in [-0.15, -0.1) is 0 Å². The van der Waals surface area contributed by atoms with Crippen molar-refractivity contribution in [3.63, 3.8) is 0 Å². The van der Waals surface area contributed by atoms with Gasteiger partial charge in [-0.3, -0.25) is 4.72 Å². The average molecular weight is 669 g/mol. The van der Waals surface area contributed by atoms with Gasteiger partial charge in [0, 0.05) is 30.4 Å². The fourth-order valence-electron chi connectivity index (χ4n) is 4.94. The van der Waals surface area contributed by atoms with E-state index in [1.165, 1.54) is 42.9 Å². The van der Waals surface area contributed by atoms with Crippen LogP contribution in [-0.2, 0) is 14.8 Å². The van der Waals surface area contributed by atoms with E-state index in [1.807, 2.05) is 20.8 Å². The molecule has 0 unspecified atom stereocenters. The molecular weight excluding hydrogens is 635 g/mol. The molecule has 0 bridgehead atoms. The van der Waals surface area contributed by atoms with E-state index in [4.69, 9.17) is 21.1 Å². The van der Waals surface area contributed by atoms with Crippen LogP contribution in [0.4, 0.5) is 20.7 Å². The van der Waals surface area contributed by atoms with Crippen LogP contribution in [0.25, 0.3) is 11.3 Å². The Hall–Kier alpha value is -4.49. The van der Waals surface area contributed by atoms with Gasteiger partial charge in [0.2, 0.25) is 5.88 Å². The first-order chi connectivity index (χ1) is 21.9. The minimum absolute atomic E-state index is 0.00724. The van der Waals surface area contributed by atoms with Gasteiger partial charge in [0.05, 0.1) is 22.0 Å². The summed E-state index contributed by atoms with van der Waals surface area (Å²) in [6, 6.07) is 15.0. The summed E-state index contributed by atoms with van der Waals surface area (Å²) < 4.78 is 54.2. The third-order valence-corrected chi connectivity index (χ3v) is 8.91. The Morgan fingerprint density at radius 3 is 2.41 bits per heavy atom. The molecule has 1 aliphatic rings. The minimum atomic E-state index is -4.05. The minimum Gasteiger partial charge on any atom is -0.444 e. The molecule has 5 rings (SSSR count). The largest absolute Gasteiger partial charge is 0.444 e. The van der Waals surface area contributed by atoms with E-state index in [9.17, 15) is 13.2 Å². The Bertz CT molecular complexity index is 1810. The summed E-state index contributed by atoms with van der Waals surface area (Å²) in [5.41, 5.74) is 0.450. The molecule has 0 aliphatic heterocycles. The van der Waals surface area contributed by atoms with Crippen molar-refractivity contribution in [2.45, 2.75) is 69.0 Å². The monoisotopic (exact) mass is 668 g/mol. The maximum absolute atomic E-state index is 15.1. The highest BCUT2D eigenvalue weighted by atomic mass is 35.5. The molecule has 242 valence electrons. The molecule has 2 aromatic heterocycles. The lowest BCUT2D eigenvalue weighted by molar-refractivity contribution is 0.0492. The zero-order chi connectivity index (χ0) is 32.9. The number of nitrogens with one attached hydrogen (secondary N) is 3. The third kappa shape index (κ3) is 8.61. The highest BCUT2D eigenvalue weighted by Crippen LogP contribution is 2.34. The van der Waals surface area contributed by atoms with Crippen LogP contribution < -0.4 is 20.1 Å². The fourth-order valence-corrected chi connectivity index (χ4v) is 6.51. The standard InChI is InChI=1S/C32H34ClFN6O5S/c1-32(2,3)45-31(41)39-21-12-10-20(11-13-21)38-29-18-26(36-19-37-29)23-7-6-16-35-30(23)44-27-15-14-22(17-25(27)34)40-46(42,43)28-9-5-4-8-24(28)33/h4-9,14-21,40H,10-13H2,1-3H3,(H,39,41)(H,36,37,38). The lowest BCUT2D eigenvalue weighted by atomic mass is 9.91. The van der Waals surface area contributed by atoms with Crippen molar-refractivity contribution < 1.29 is 27.1 Å². The normalized spacial score (nSPS) is 16.7. The van der Waals surface area contributed by atoms with Crippen molar-refractivity contribution in [2.75, 3.05) is 10.0 Å². The number of sulfonamides is 1. The Morgan fingerprint density at radius 2 is 1.70 bits per heavy atom. The molecule has 0 saturated heterocycles. The molecule has 14 heteroatoms. The molecule has 1 aliphatic carbocycles. The van der Waals surface area contributed by atoms with E-state index in [-0.39, 0.29) is 39.3 Å². The Morgan fingerprint density at radius 1 is 0.957 bits per heavy atom. The number of rotatable bonds is 9. The van der Waals surface area contributed by atoms with Crippen LogP contribution in [0.1, 0.15) is 46.5 Å². The molecule has 3 N–H and O–H groups in total. The molecule has 0 atom stereocenters. The van der Waals surface area contributed by atoms with E-state index < -0.39 is 27.5 Å². The molecule has 4 aromatic rings. The van der Waals surface area contributed by atoms with Gasteiger partial charge in [-0.2, -0.15) is 0 Å². The smallest absolute Gasteiger partial charge is 0.407 e. The van der Waals surface area contributed by atoms with Crippen molar-refractivity contribution in [3.8, 4) is 22.9 Å². The highest BCUT2D eigenvalue weighted by Gasteiger charge is 2.25. The van der Waals surface area contributed by atoms with Crippen molar-refractivity contribution in [1.82, 2.24) is 20.3 Å². The third-order valence-electron chi connectivity index (χ3n) is 7.03. The number of anilines is 2. The van der Waals surface area contributed by atoms with Crippen LogP contribution >= 0.6 is 11.6 Å². The number of aromatic nitrogens is 3. The summed E-state index contributed by atoms with van der Waals surface area (Å²) in [4.78, 5) is 25.0. The first-order valence-corrected chi connectivity index (χ1v) is 16.5. The number of halogens is 2. The van der Waals surface area contributed by atoms with E-state index in [2.05, 4.69) is 30.3 Å². The second-order valence-electron chi connectivity index (χ2n) is 11.8. The first kappa shape index (κ1) is 32.9. The number of benzene rings is 2. The van der Waals surface area contributed by atoms with E-state index in [1.54, 1.807) is 24.3 Å². The van der Waals surface area contributed by atoms with Gasteiger partial charge >= 0.3 is 6.09 Å². The maximum atomic E-state index is 15.1. The summed E-state index contributed by atoms with van der Waals surface area (Å²) in [6.45, 7) is 5.50. The summed E-state index contributed by atoms with van der Waals surface area (Å²) in [7, 11) is -4.05. The van der Waals surface area contributed by atoms with Crippen LogP contribution in [0.2, 0.25) is 5.02 Å². The number of amides is 1. The van der Waals surface area contributed by atoms with Crippen molar-refractivity contribution in [3.05, 3.63) is 84.0 Å². The summed E-state index contributed by atoms with van der Waals surface area (Å²) in [5, 5.41) is 6.43. The zero-order valence-electron chi connectivity index (χ0n) is 25.5. The lowest BCUT2D eigenvalue weighted by Gasteiger charge is -2.30. The Labute approximate surface area is 272 Å². The Balaban J connectivity index is 1.24. The molecule has 0 spiro atoms. The molecule has 1 fully saturated rings. The van der Waals surface area contributed by atoms with Gasteiger partial charge in [-0.05, 0) is 82.9 Å². The van der Waals surface area contributed by atoms with Crippen molar-refractivity contribution >= 4 is 39.2 Å². The number of alkyl carbamates (subject to hydrolysis) is 1. The van der Waals surface area contributed by atoms with Crippen LogP contribution in [-0.4, -0.2) is 47.1 Å². The van der Waals surface area contributed by atoms with Gasteiger partial charge in [-0.1, -0.05) is 23.7 Å². The summed E-state index contributed by atoms with van der Waals surface area (Å²) >= 11 is 6.03. The number of nitrogens with zero attached hydrogens (tertiary/aromatic N) is 3. The van der Waals surface area contributed by atoms with E-state index in [0.717, 1.165) is 31.7 Å². The molecule has 46 heavy (non-hydrogen) atoms. The summed E-state index contributed by atoms with van der Waals surface area (Å²) in [5.74, 6) is -0.267. The second-order valence-corrected chi connectivity index (χ2v) is 13.8. The zero-order valence-corrected chi connectivity index (χ0v) is 27.0. The Kier molecular flexibility index (Phi) is 9.92. The van der Waals surface area contributed by atoms with Crippen LogP contribution in [0.3, 0.4) is 0 Å². The highest BCUT2D eigenvalue weighted by molar-refractivity contribution is 7.92. The van der Waals surface area contributed by atoms with Gasteiger partial charge in [0.15, 0.2) is 11.6 Å². The topological polar surface area (TPSA) is 144 Å². The maximum Gasteiger partial charge on any atom is 0.407 e. The molecule has 0 radical (unpaired) electrons. The van der Waals surface area contributed by atoms with Crippen LogP contribution in [0, 0.1) is 5.82 Å². The number of carbonyl (C=O) groups excluding carboxylic acids is 1. The first-order valence-electron chi connectivity index (χ1n) is 14.6. The molecule has 1 saturated carbocycles. The van der Waals surface area contributed by atoms with Gasteiger partial charge < -0.3 is 20.1 Å². The van der Waals surface area contributed by atoms with E-state index in [0.29, 0.717) is 17.1 Å². The predicted octanol–water partition coefficient (Wildman–Crippen LogP) is 7.17. The summed E-state index contributed by atoms with van der Waals surface area (Å²) in [6.07, 6.45) is 5.75. The van der Waals surface area contributed by atoms with Gasteiger partial charge in [0.1, 0.15) is 22.6 Å². The number of hydrogen-bond acceptors (Lipinski definition) is 9. The second kappa shape index (κ2) is 13.9. The number of ether oxygens (including phenoxy) is 2. The van der Waals surface area contributed by atoms with E-state index >= 15 is 4.39 Å². The molecule has 2 heterocycles. The SMILES string of the molecule is CC(C)(C)OC(=O)NC1CCC(Nc2cc(-c3cccnc3Oc3ccc(NS(=O)(=O)c4ccccc4Cl)cc3F)ncn2)CC1. The van der Waals surface area contributed by atoms with Crippen molar-refractivity contribution in [1.29, 1.82) is 0 Å². The molecule has 2 aromatic carbocycles. The van der Waals surface area contributed by atoms with Gasteiger partial charge in [0.25, 0.3) is 10.0 Å². The molecular formula is C32H34ClFN6O5S. The molecule has 11 nitrogen and oxygen atoms in total. The predicted molar refractivity (Wildman–Crippen MR) is 173 cm³/mol. The number of hydrogen-bond donors (Lipinski definition) is 3. The fraction of sp³-hybridized carbons (Fsp3) is 0.312. The van der Waals surface area contributed by atoms with Crippen LogP contribution in [0.5, 0.6) is 11.6 Å². The van der Waals surface area contributed by atoms with Crippen molar-refractivity contribution in [2.24, 2.45) is 0 Å². The number of carbonyl (C=O) groups is 1. The van der Waals surface area contributed by atoms with Crippen LogP contribution in [0.15, 0.2) is 78.1 Å².